The van der Waals surface area contributed by atoms with Gasteiger partial charge in [0, 0.05) is 7.05 Å². The zero-order valence-electron chi connectivity index (χ0n) is 9.90. The maximum atomic E-state index is 12.0. The van der Waals surface area contributed by atoms with E-state index < -0.39 is 0 Å². The number of nitrogens with two attached hydrogens (primary N) is 1. The summed E-state index contributed by atoms with van der Waals surface area (Å²) in [5.74, 6) is -0.296. The van der Waals surface area contributed by atoms with Crippen molar-refractivity contribution < 1.29 is 4.79 Å². The van der Waals surface area contributed by atoms with Crippen LogP contribution in [0.15, 0.2) is 6.20 Å². The van der Waals surface area contributed by atoms with Gasteiger partial charge in [-0.1, -0.05) is 0 Å². The third kappa shape index (κ3) is 1.86. The molecule has 2 aromatic heterocycles. The molecule has 0 aromatic carbocycles. The number of carbonyl (C=O) groups is 1. The van der Waals surface area contributed by atoms with Gasteiger partial charge in [-0.05, 0) is 13.8 Å². The fraction of sp³-hybridized carbons (Fsp3) is 0.300. The number of rotatable bonds is 2. The van der Waals surface area contributed by atoms with Crippen LogP contribution in [0.4, 0.5) is 11.4 Å². The zero-order chi connectivity index (χ0) is 12.6. The van der Waals surface area contributed by atoms with E-state index in [4.69, 9.17) is 5.73 Å². The Bertz CT molecular complexity index is 528. The van der Waals surface area contributed by atoms with Gasteiger partial charge in [0.2, 0.25) is 0 Å². The van der Waals surface area contributed by atoms with E-state index in [1.165, 1.54) is 10.9 Å². The van der Waals surface area contributed by atoms with Crippen molar-refractivity contribution in [2.75, 3.05) is 11.1 Å². The molecule has 0 saturated carbocycles. The Morgan fingerprint density at radius 3 is 2.71 bits per heavy atom. The Balaban J connectivity index is 2.29. The number of nitrogens with zero attached hydrogens (tertiary/aromatic N) is 3. The van der Waals surface area contributed by atoms with Crippen molar-refractivity contribution in [1.29, 1.82) is 0 Å². The predicted molar refractivity (Wildman–Crippen MR) is 63.6 cm³/mol. The van der Waals surface area contributed by atoms with Gasteiger partial charge in [0.05, 0.1) is 29.0 Å². The number of carbonyl (C=O) groups excluding carboxylic acids is 1. The number of aromatic amines is 1. The summed E-state index contributed by atoms with van der Waals surface area (Å²) < 4.78 is 1.44. The van der Waals surface area contributed by atoms with E-state index in [9.17, 15) is 4.79 Å². The Morgan fingerprint density at radius 1 is 1.53 bits per heavy atom. The minimum absolute atomic E-state index is 0.296. The Labute approximate surface area is 98.0 Å². The van der Waals surface area contributed by atoms with Crippen LogP contribution in [0.25, 0.3) is 0 Å². The van der Waals surface area contributed by atoms with Crippen LogP contribution >= 0.6 is 0 Å². The summed E-state index contributed by atoms with van der Waals surface area (Å²) in [4.78, 5) is 12.0. The highest BCUT2D eigenvalue weighted by Crippen LogP contribution is 2.18. The van der Waals surface area contributed by atoms with E-state index in [2.05, 4.69) is 20.6 Å². The normalized spacial score (nSPS) is 10.5. The van der Waals surface area contributed by atoms with Gasteiger partial charge in [-0.15, -0.1) is 0 Å². The molecule has 0 aliphatic carbocycles. The molecule has 0 aliphatic heterocycles. The lowest BCUT2D eigenvalue weighted by atomic mass is 10.3. The van der Waals surface area contributed by atoms with E-state index in [1.54, 1.807) is 7.05 Å². The van der Waals surface area contributed by atoms with Crippen molar-refractivity contribution in [3.8, 4) is 0 Å². The van der Waals surface area contributed by atoms with Gasteiger partial charge in [0.1, 0.15) is 5.69 Å². The van der Waals surface area contributed by atoms with E-state index in [0.29, 0.717) is 17.1 Å². The average Bonchev–Trinajstić information content (AvgIpc) is 2.75. The first-order valence-electron chi connectivity index (χ1n) is 5.11. The average molecular weight is 234 g/mol. The molecule has 2 rings (SSSR count). The third-order valence-corrected chi connectivity index (χ3v) is 2.55. The van der Waals surface area contributed by atoms with Crippen LogP contribution in [0.2, 0.25) is 0 Å². The van der Waals surface area contributed by atoms with Crippen LogP contribution in [-0.4, -0.2) is 25.9 Å². The van der Waals surface area contributed by atoms with Gasteiger partial charge in [-0.25, -0.2) is 0 Å². The molecule has 0 radical (unpaired) electrons. The summed E-state index contributed by atoms with van der Waals surface area (Å²) in [6.45, 7) is 3.65. The number of nitrogens with one attached hydrogen (secondary N) is 2. The summed E-state index contributed by atoms with van der Waals surface area (Å²) in [5, 5.41) is 13.5. The number of amides is 1. The lowest BCUT2D eigenvalue weighted by Gasteiger charge is -2.06. The molecule has 0 bridgehead atoms. The number of H-pyrrole nitrogens is 1. The molecule has 0 fully saturated rings. The quantitative estimate of drug-likeness (QED) is 0.707. The first-order chi connectivity index (χ1) is 8.00. The SMILES string of the molecule is Cc1n[nH]c(C)c1NC(=O)c1c(N)cnn1C. The Kier molecular flexibility index (Phi) is 2.58. The van der Waals surface area contributed by atoms with Crippen LogP contribution in [0.1, 0.15) is 21.9 Å². The molecule has 1 amide bonds. The van der Waals surface area contributed by atoms with Crippen LogP contribution < -0.4 is 11.1 Å². The summed E-state index contributed by atoms with van der Waals surface area (Å²) in [5.41, 5.74) is 8.58. The number of hydrogen-bond acceptors (Lipinski definition) is 4. The van der Waals surface area contributed by atoms with Crippen molar-refractivity contribution >= 4 is 17.3 Å². The molecule has 0 aliphatic rings. The lowest BCUT2D eigenvalue weighted by Crippen LogP contribution is -2.18. The second kappa shape index (κ2) is 3.93. The Hall–Kier alpha value is -2.31. The molecule has 0 saturated heterocycles. The number of aromatic nitrogens is 4. The molecule has 90 valence electrons. The van der Waals surface area contributed by atoms with E-state index >= 15 is 0 Å². The van der Waals surface area contributed by atoms with Crippen LogP contribution in [0, 0.1) is 13.8 Å². The van der Waals surface area contributed by atoms with Crippen LogP contribution in [0.5, 0.6) is 0 Å². The standard InChI is InChI=1S/C10H14N6O/c1-5-8(6(2)15-14-5)13-10(17)9-7(11)4-12-16(9)3/h4H,11H2,1-3H3,(H,13,17)(H,14,15). The van der Waals surface area contributed by atoms with Crippen molar-refractivity contribution in [1.82, 2.24) is 20.0 Å². The zero-order valence-corrected chi connectivity index (χ0v) is 9.90. The number of aryl methyl sites for hydroxylation is 3. The van der Waals surface area contributed by atoms with Gasteiger partial charge < -0.3 is 11.1 Å². The first kappa shape index (κ1) is 11.2. The monoisotopic (exact) mass is 234 g/mol. The van der Waals surface area contributed by atoms with Crippen LogP contribution in [-0.2, 0) is 7.05 Å². The largest absolute Gasteiger partial charge is 0.396 e. The summed E-state index contributed by atoms with van der Waals surface area (Å²) in [6.07, 6.45) is 1.45. The van der Waals surface area contributed by atoms with Gasteiger partial charge in [-0.2, -0.15) is 10.2 Å². The second-order valence-electron chi connectivity index (χ2n) is 3.84. The number of hydrogen-bond donors (Lipinski definition) is 3. The molecular formula is C10H14N6O. The van der Waals surface area contributed by atoms with Crippen molar-refractivity contribution in [2.45, 2.75) is 13.8 Å². The smallest absolute Gasteiger partial charge is 0.276 e. The highest BCUT2D eigenvalue weighted by Gasteiger charge is 2.17. The van der Waals surface area contributed by atoms with E-state index in [1.807, 2.05) is 13.8 Å². The van der Waals surface area contributed by atoms with Crippen molar-refractivity contribution in [3.05, 3.63) is 23.3 Å². The maximum Gasteiger partial charge on any atom is 0.276 e. The number of anilines is 2. The molecule has 7 heteroatoms. The molecule has 17 heavy (non-hydrogen) atoms. The van der Waals surface area contributed by atoms with Gasteiger partial charge in [0.25, 0.3) is 5.91 Å². The molecule has 2 aromatic rings. The van der Waals surface area contributed by atoms with E-state index in [0.717, 1.165) is 11.4 Å². The van der Waals surface area contributed by atoms with Gasteiger partial charge in [0.15, 0.2) is 0 Å². The van der Waals surface area contributed by atoms with Crippen molar-refractivity contribution in [3.63, 3.8) is 0 Å². The summed E-state index contributed by atoms with van der Waals surface area (Å²) >= 11 is 0. The molecule has 0 spiro atoms. The molecule has 0 atom stereocenters. The summed E-state index contributed by atoms with van der Waals surface area (Å²) in [7, 11) is 1.67. The lowest BCUT2D eigenvalue weighted by molar-refractivity contribution is 0.101. The number of nitrogen functional groups attached to an aromatic ring is 1. The predicted octanol–water partition coefficient (Wildman–Crippen LogP) is 0.595. The minimum Gasteiger partial charge on any atom is -0.396 e. The molecular weight excluding hydrogens is 220 g/mol. The highest BCUT2D eigenvalue weighted by molar-refractivity contribution is 6.06. The summed E-state index contributed by atoms with van der Waals surface area (Å²) in [6, 6.07) is 0. The van der Waals surface area contributed by atoms with E-state index in [-0.39, 0.29) is 5.91 Å². The third-order valence-electron chi connectivity index (χ3n) is 2.55. The second-order valence-corrected chi connectivity index (χ2v) is 3.84. The highest BCUT2D eigenvalue weighted by atomic mass is 16.2. The fourth-order valence-electron chi connectivity index (χ4n) is 1.64. The molecule has 2 heterocycles. The maximum absolute atomic E-state index is 12.0. The Morgan fingerprint density at radius 2 is 2.24 bits per heavy atom. The minimum atomic E-state index is -0.296. The molecule has 4 N–H and O–H groups in total. The van der Waals surface area contributed by atoms with Gasteiger partial charge in [-0.3, -0.25) is 14.6 Å². The van der Waals surface area contributed by atoms with Crippen LogP contribution in [0.3, 0.4) is 0 Å². The van der Waals surface area contributed by atoms with Crippen molar-refractivity contribution in [2.24, 2.45) is 7.05 Å². The first-order valence-corrected chi connectivity index (χ1v) is 5.11. The molecule has 7 nitrogen and oxygen atoms in total. The topological polar surface area (TPSA) is 102 Å². The van der Waals surface area contributed by atoms with Gasteiger partial charge >= 0.3 is 0 Å². The fourth-order valence-corrected chi connectivity index (χ4v) is 1.64. The molecule has 0 unspecified atom stereocenters.